The van der Waals surface area contributed by atoms with Gasteiger partial charge in [0, 0.05) is 27.3 Å². The van der Waals surface area contributed by atoms with E-state index in [0.29, 0.717) is 6.04 Å². The fourth-order valence-electron chi connectivity index (χ4n) is 1.32. The van der Waals surface area contributed by atoms with Gasteiger partial charge in [-0.1, -0.05) is 0 Å². The summed E-state index contributed by atoms with van der Waals surface area (Å²) in [5.74, 6) is 0. The summed E-state index contributed by atoms with van der Waals surface area (Å²) in [4.78, 5) is 1.31. The molecule has 1 heterocycles. The third kappa shape index (κ3) is 4.55. The summed E-state index contributed by atoms with van der Waals surface area (Å²) >= 11 is 5.16. The van der Waals surface area contributed by atoms with Gasteiger partial charge in [-0.2, -0.15) is 0 Å². The molecule has 0 aliphatic rings. The van der Waals surface area contributed by atoms with Crippen molar-refractivity contribution in [1.82, 2.24) is 5.32 Å². The van der Waals surface area contributed by atoms with Crippen molar-refractivity contribution in [2.75, 3.05) is 0 Å². The number of nitrogens with one attached hydrogen (secondary N) is 1. The van der Waals surface area contributed by atoms with E-state index in [4.69, 9.17) is 0 Å². The van der Waals surface area contributed by atoms with E-state index in [0.717, 1.165) is 17.4 Å². The van der Waals surface area contributed by atoms with Gasteiger partial charge in [0.2, 0.25) is 0 Å². The number of hydrogen-bond donors (Lipinski definition) is 2. The van der Waals surface area contributed by atoms with Gasteiger partial charge in [0.15, 0.2) is 0 Å². The number of aliphatic hydroxyl groups is 1. The third-order valence-corrected chi connectivity index (χ3v) is 3.64. The van der Waals surface area contributed by atoms with E-state index >= 15 is 0 Å². The van der Waals surface area contributed by atoms with E-state index in [-0.39, 0.29) is 6.10 Å². The summed E-state index contributed by atoms with van der Waals surface area (Å²) < 4.78 is 1.14. The van der Waals surface area contributed by atoms with Gasteiger partial charge in [-0.05, 0) is 42.3 Å². The molecule has 2 atom stereocenters. The quantitative estimate of drug-likeness (QED) is 0.868. The van der Waals surface area contributed by atoms with Crippen LogP contribution in [0.25, 0.3) is 0 Å². The smallest absolute Gasteiger partial charge is 0.0526 e. The molecule has 0 aliphatic heterocycles. The van der Waals surface area contributed by atoms with Crippen LogP contribution >= 0.6 is 27.3 Å². The number of hydrogen-bond acceptors (Lipinski definition) is 3. The minimum absolute atomic E-state index is 0.229. The minimum atomic E-state index is -0.229. The second-order valence-corrected chi connectivity index (χ2v) is 5.51. The van der Waals surface area contributed by atoms with Gasteiger partial charge in [0.05, 0.1) is 6.10 Å². The minimum Gasteiger partial charge on any atom is -0.393 e. The van der Waals surface area contributed by atoms with Crippen LogP contribution in [0.3, 0.4) is 0 Å². The molecule has 0 aromatic carbocycles. The predicted molar refractivity (Wildman–Crippen MR) is 64.6 cm³/mol. The molecule has 14 heavy (non-hydrogen) atoms. The summed E-state index contributed by atoms with van der Waals surface area (Å²) in [5, 5.41) is 14.6. The lowest BCUT2D eigenvalue weighted by Gasteiger charge is -2.14. The van der Waals surface area contributed by atoms with E-state index in [1.54, 1.807) is 11.3 Å². The first-order valence-corrected chi connectivity index (χ1v) is 6.39. The Morgan fingerprint density at radius 1 is 1.57 bits per heavy atom. The molecule has 2 N–H and O–H groups in total. The Morgan fingerprint density at radius 2 is 2.29 bits per heavy atom. The standard InChI is InChI=1S/C10H16BrNOS/c1-7(3-8(2)13)12-5-10-4-9(11)6-14-10/h4,6-8,12-13H,3,5H2,1-2H3. The molecule has 0 amide bonds. The Bertz CT molecular complexity index is 275. The predicted octanol–water partition coefficient (Wildman–Crippen LogP) is 2.76. The topological polar surface area (TPSA) is 32.3 Å². The number of aliphatic hydroxyl groups excluding tert-OH is 1. The maximum absolute atomic E-state index is 9.18. The molecular formula is C10H16BrNOS. The lowest BCUT2D eigenvalue weighted by molar-refractivity contribution is 0.170. The van der Waals surface area contributed by atoms with Crippen molar-refractivity contribution >= 4 is 27.3 Å². The molecule has 2 nitrogen and oxygen atoms in total. The highest BCUT2D eigenvalue weighted by atomic mass is 79.9. The molecule has 0 aliphatic carbocycles. The fraction of sp³-hybridized carbons (Fsp3) is 0.600. The largest absolute Gasteiger partial charge is 0.393 e. The number of halogens is 1. The molecule has 1 aromatic rings. The van der Waals surface area contributed by atoms with Crippen LogP contribution in [0.4, 0.5) is 0 Å². The monoisotopic (exact) mass is 277 g/mol. The van der Waals surface area contributed by atoms with Gasteiger partial charge >= 0.3 is 0 Å². The number of thiophene rings is 1. The van der Waals surface area contributed by atoms with Gasteiger partial charge < -0.3 is 10.4 Å². The van der Waals surface area contributed by atoms with Crippen LogP contribution in [0.15, 0.2) is 15.9 Å². The van der Waals surface area contributed by atoms with Crippen molar-refractivity contribution in [3.8, 4) is 0 Å². The first-order chi connectivity index (χ1) is 6.58. The van der Waals surface area contributed by atoms with Gasteiger partial charge in [-0.25, -0.2) is 0 Å². The molecule has 0 radical (unpaired) electrons. The average Bonchev–Trinajstić information content (AvgIpc) is 2.47. The first-order valence-electron chi connectivity index (χ1n) is 4.72. The maximum atomic E-state index is 9.18. The van der Waals surface area contributed by atoms with Gasteiger partial charge in [0.1, 0.15) is 0 Å². The summed E-state index contributed by atoms with van der Waals surface area (Å²) in [6.07, 6.45) is 0.569. The van der Waals surface area contributed by atoms with E-state index in [1.165, 1.54) is 4.88 Å². The second-order valence-electron chi connectivity index (χ2n) is 3.60. The van der Waals surface area contributed by atoms with E-state index in [2.05, 4.69) is 39.6 Å². The van der Waals surface area contributed by atoms with Crippen molar-refractivity contribution in [3.05, 3.63) is 20.8 Å². The lowest BCUT2D eigenvalue weighted by Crippen LogP contribution is -2.28. The van der Waals surface area contributed by atoms with Crippen LogP contribution < -0.4 is 5.32 Å². The van der Waals surface area contributed by atoms with Crippen LogP contribution in [0.1, 0.15) is 25.1 Å². The van der Waals surface area contributed by atoms with Crippen LogP contribution in [0, 0.1) is 0 Å². The average molecular weight is 278 g/mol. The molecule has 4 heteroatoms. The molecule has 0 saturated heterocycles. The molecule has 1 rings (SSSR count). The molecule has 0 spiro atoms. The normalized spacial score (nSPS) is 15.4. The highest BCUT2D eigenvalue weighted by Gasteiger charge is 2.05. The summed E-state index contributed by atoms with van der Waals surface area (Å²) in [5.41, 5.74) is 0. The van der Waals surface area contributed by atoms with E-state index in [1.807, 2.05) is 6.92 Å². The summed E-state index contributed by atoms with van der Waals surface area (Å²) in [6, 6.07) is 2.48. The summed E-state index contributed by atoms with van der Waals surface area (Å²) in [7, 11) is 0. The zero-order chi connectivity index (χ0) is 10.6. The second kappa shape index (κ2) is 5.85. The van der Waals surface area contributed by atoms with Crippen LogP contribution in [0.2, 0.25) is 0 Å². The molecular weight excluding hydrogens is 262 g/mol. The number of rotatable bonds is 5. The molecule has 1 aromatic heterocycles. The van der Waals surface area contributed by atoms with Gasteiger partial charge in [0.25, 0.3) is 0 Å². The Kier molecular flexibility index (Phi) is 5.09. The molecule has 0 fully saturated rings. The molecule has 0 saturated carbocycles. The van der Waals surface area contributed by atoms with E-state index in [9.17, 15) is 5.11 Å². The van der Waals surface area contributed by atoms with Crippen molar-refractivity contribution < 1.29 is 5.11 Å². The Hall–Kier alpha value is 0.1000. The van der Waals surface area contributed by atoms with Crippen molar-refractivity contribution in [3.63, 3.8) is 0 Å². The zero-order valence-electron chi connectivity index (χ0n) is 8.46. The highest BCUT2D eigenvalue weighted by molar-refractivity contribution is 9.10. The van der Waals surface area contributed by atoms with Crippen molar-refractivity contribution in [1.29, 1.82) is 0 Å². The van der Waals surface area contributed by atoms with Crippen LogP contribution in [-0.4, -0.2) is 17.3 Å². The van der Waals surface area contributed by atoms with Gasteiger partial charge in [-0.3, -0.25) is 0 Å². The fourth-order valence-corrected chi connectivity index (χ4v) is 2.72. The van der Waals surface area contributed by atoms with E-state index < -0.39 is 0 Å². The Morgan fingerprint density at radius 3 is 2.79 bits per heavy atom. The van der Waals surface area contributed by atoms with Crippen molar-refractivity contribution in [2.24, 2.45) is 0 Å². The lowest BCUT2D eigenvalue weighted by atomic mass is 10.1. The Labute approximate surface area is 97.5 Å². The molecule has 2 unspecified atom stereocenters. The SMILES string of the molecule is CC(O)CC(C)NCc1cc(Br)cs1. The zero-order valence-corrected chi connectivity index (χ0v) is 10.9. The molecule has 0 bridgehead atoms. The third-order valence-electron chi connectivity index (χ3n) is 1.94. The highest BCUT2D eigenvalue weighted by Crippen LogP contribution is 2.19. The van der Waals surface area contributed by atoms with Gasteiger partial charge in [-0.15, -0.1) is 11.3 Å². The maximum Gasteiger partial charge on any atom is 0.0526 e. The molecule has 80 valence electrons. The van der Waals surface area contributed by atoms with Crippen LogP contribution in [0.5, 0.6) is 0 Å². The first kappa shape index (κ1) is 12.2. The summed E-state index contributed by atoms with van der Waals surface area (Å²) in [6.45, 7) is 4.79. The van der Waals surface area contributed by atoms with Crippen LogP contribution in [-0.2, 0) is 6.54 Å². The Balaban J connectivity index is 2.26. The van der Waals surface area contributed by atoms with Crippen molar-refractivity contribution in [2.45, 2.75) is 39.0 Å².